The zero-order valence-electron chi connectivity index (χ0n) is 21.0. The lowest BCUT2D eigenvalue weighted by Gasteiger charge is -2.36. The van der Waals surface area contributed by atoms with Crippen LogP contribution in [0.15, 0.2) is 82.7 Å². The van der Waals surface area contributed by atoms with Crippen molar-refractivity contribution in [2.45, 2.75) is 44.1 Å². The maximum atomic E-state index is 14.4. The molecule has 190 valence electrons. The monoisotopic (exact) mass is 504 g/mol. The summed E-state index contributed by atoms with van der Waals surface area (Å²) in [5.74, 6) is 1.85. The lowest BCUT2D eigenvalue weighted by molar-refractivity contribution is 0.174. The lowest BCUT2D eigenvalue weighted by atomic mass is 9.68. The maximum Gasteiger partial charge on any atom is 0.259 e. The van der Waals surface area contributed by atoms with Crippen LogP contribution < -0.4 is 20.5 Å². The van der Waals surface area contributed by atoms with Crippen LogP contribution in [-0.4, -0.2) is 22.6 Å². The molecule has 3 aliphatic rings. The Morgan fingerprint density at radius 1 is 0.974 bits per heavy atom. The van der Waals surface area contributed by atoms with Gasteiger partial charge in [0.05, 0.1) is 24.0 Å². The standard InChI is InChI=1S/C31H28N4O3/c36-29-27-28(24-11-5-4-10-23(24)17-31(27)14-6-7-15-31)33-30(35(29)19-21-8-2-1-3-9-21)34-32-18-22-12-13-25-26(16-22)38-20-37-25/h1-5,8-13,16,18H,6-7,14-15,17,19-20H2,(H,33,34)/b32-18+. The second-order valence-corrected chi connectivity index (χ2v) is 10.3. The first kappa shape index (κ1) is 22.8. The number of ether oxygens (including phenoxy) is 2. The molecule has 0 amide bonds. The van der Waals surface area contributed by atoms with Crippen LogP contribution in [0.1, 0.15) is 47.9 Å². The van der Waals surface area contributed by atoms with Crippen LogP contribution in [0.2, 0.25) is 0 Å². The third-order valence-corrected chi connectivity index (χ3v) is 8.02. The fraction of sp³-hybridized carbons (Fsp3) is 0.258. The Morgan fingerprint density at radius 2 is 1.76 bits per heavy atom. The predicted octanol–water partition coefficient (Wildman–Crippen LogP) is 5.50. The van der Waals surface area contributed by atoms with Crippen molar-refractivity contribution in [2.75, 3.05) is 12.2 Å². The average molecular weight is 505 g/mol. The molecule has 1 fully saturated rings. The number of nitrogens with one attached hydrogen (secondary N) is 1. The molecule has 1 N–H and O–H groups in total. The summed E-state index contributed by atoms with van der Waals surface area (Å²) in [6.45, 7) is 0.640. The smallest absolute Gasteiger partial charge is 0.259 e. The Hall–Kier alpha value is -4.39. The van der Waals surface area contributed by atoms with Crippen molar-refractivity contribution in [3.8, 4) is 22.8 Å². The van der Waals surface area contributed by atoms with Crippen LogP contribution in [0.4, 0.5) is 5.95 Å². The number of anilines is 1. The summed E-state index contributed by atoms with van der Waals surface area (Å²) in [5.41, 5.74) is 8.84. The normalized spacial score (nSPS) is 16.5. The highest BCUT2D eigenvalue weighted by molar-refractivity contribution is 5.81. The molecule has 2 heterocycles. The number of hydrogen-bond donors (Lipinski definition) is 1. The van der Waals surface area contributed by atoms with Gasteiger partial charge in [0.15, 0.2) is 11.5 Å². The van der Waals surface area contributed by atoms with E-state index in [0.717, 1.165) is 65.8 Å². The first-order valence-electron chi connectivity index (χ1n) is 13.2. The first-order chi connectivity index (χ1) is 18.7. The molecule has 4 aromatic rings. The number of hydrogen-bond acceptors (Lipinski definition) is 6. The molecule has 0 unspecified atom stereocenters. The van der Waals surface area contributed by atoms with E-state index in [1.165, 1.54) is 5.56 Å². The molecule has 7 rings (SSSR count). The van der Waals surface area contributed by atoms with E-state index in [1.807, 2.05) is 54.6 Å². The largest absolute Gasteiger partial charge is 0.454 e. The molecule has 3 aromatic carbocycles. The number of hydrazone groups is 1. The number of fused-ring (bicyclic) bond motifs is 5. The summed E-state index contributed by atoms with van der Waals surface area (Å²) in [5, 5.41) is 4.48. The molecule has 1 aromatic heterocycles. The van der Waals surface area contributed by atoms with Gasteiger partial charge in [0.2, 0.25) is 12.7 Å². The molecule has 2 aliphatic carbocycles. The molecule has 0 saturated heterocycles. The third-order valence-electron chi connectivity index (χ3n) is 8.02. The zero-order chi connectivity index (χ0) is 25.5. The highest BCUT2D eigenvalue weighted by Gasteiger charge is 2.44. The molecule has 0 radical (unpaired) electrons. The lowest BCUT2D eigenvalue weighted by Crippen LogP contribution is -2.40. The van der Waals surface area contributed by atoms with Gasteiger partial charge >= 0.3 is 0 Å². The molecule has 1 aliphatic heterocycles. The number of nitrogens with zero attached hydrogens (tertiary/aromatic N) is 3. The highest BCUT2D eigenvalue weighted by Crippen LogP contribution is 2.49. The van der Waals surface area contributed by atoms with Gasteiger partial charge in [-0.15, -0.1) is 0 Å². The van der Waals surface area contributed by atoms with Crippen molar-refractivity contribution in [3.05, 3.63) is 105 Å². The summed E-state index contributed by atoms with van der Waals surface area (Å²) < 4.78 is 12.6. The van der Waals surface area contributed by atoms with Gasteiger partial charge in [-0.25, -0.2) is 10.4 Å². The quantitative estimate of drug-likeness (QED) is 0.287. The topological polar surface area (TPSA) is 77.7 Å². The van der Waals surface area contributed by atoms with Crippen LogP contribution in [-0.2, 0) is 18.4 Å². The van der Waals surface area contributed by atoms with E-state index in [1.54, 1.807) is 10.8 Å². The van der Waals surface area contributed by atoms with Crippen LogP contribution in [0.3, 0.4) is 0 Å². The van der Waals surface area contributed by atoms with Gasteiger partial charge in [0, 0.05) is 11.0 Å². The molecular weight excluding hydrogens is 476 g/mol. The summed E-state index contributed by atoms with van der Waals surface area (Å²) in [6, 6.07) is 24.1. The summed E-state index contributed by atoms with van der Waals surface area (Å²) in [6.07, 6.45) is 6.91. The predicted molar refractivity (Wildman–Crippen MR) is 147 cm³/mol. The molecule has 38 heavy (non-hydrogen) atoms. The number of aromatic nitrogens is 2. The van der Waals surface area contributed by atoms with Crippen LogP contribution >= 0.6 is 0 Å². The van der Waals surface area contributed by atoms with Crippen LogP contribution in [0.25, 0.3) is 11.3 Å². The van der Waals surface area contributed by atoms with E-state index < -0.39 is 0 Å². The van der Waals surface area contributed by atoms with Crippen molar-refractivity contribution < 1.29 is 9.47 Å². The molecule has 7 heteroatoms. The van der Waals surface area contributed by atoms with Gasteiger partial charge in [-0.3, -0.25) is 9.36 Å². The second-order valence-electron chi connectivity index (χ2n) is 10.3. The van der Waals surface area contributed by atoms with Crippen LogP contribution in [0, 0.1) is 0 Å². The number of rotatable bonds is 5. The Kier molecular flexibility index (Phi) is 5.50. The molecule has 0 atom stereocenters. The third kappa shape index (κ3) is 3.86. The Morgan fingerprint density at radius 3 is 2.63 bits per heavy atom. The molecule has 0 bridgehead atoms. The summed E-state index contributed by atoms with van der Waals surface area (Å²) >= 11 is 0. The van der Waals surface area contributed by atoms with E-state index >= 15 is 0 Å². The van der Waals surface area contributed by atoms with Crippen molar-refractivity contribution in [2.24, 2.45) is 5.10 Å². The minimum atomic E-state index is -0.152. The Labute approximate surface area is 220 Å². The fourth-order valence-corrected chi connectivity index (χ4v) is 6.22. The minimum absolute atomic E-state index is 0.0241. The zero-order valence-corrected chi connectivity index (χ0v) is 21.0. The van der Waals surface area contributed by atoms with E-state index in [-0.39, 0.29) is 17.8 Å². The maximum absolute atomic E-state index is 14.4. The fourth-order valence-electron chi connectivity index (χ4n) is 6.22. The van der Waals surface area contributed by atoms with Crippen molar-refractivity contribution >= 4 is 12.2 Å². The van der Waals surface area contributed by atoms with Crippen molar-refractivity contribution in [1.82, 2.24) is 9.55 Å². The second kappa shape index (κ2) is 9.17. The van der Waals surface area contributed by atoms with E-state index in [2.05, 4.69) is 28.7 Å². The van der Waals surface area contributed by atoms with Crippen molar-refractivity contribution in [3.63, 3.8) is 0 Å². The van der Waals surface area contributed by atoms with Gasteiger partial charge in [0.1, 0.15) is 0 Å². The minimum Gasteiger partial charge on any atom is -0.454 e. The van der Waals surface area contributed by atoms with Gasteiger partial charge in [-0.2, -0.15) is 5.10 Å². The van der Waals surface area contributed by atoms with E-state index in [9.17, 15) is 4.79 Å². The van der Waals surface area contributed by atoms with Gasteiger partial charge in [-0.1, -0.05) is 67.4 Å². The van der Waals surface area contributed by atoms with Gasteiger partial charge in [-0.05, 0) is 54.2 Å². The van der Waals surface area contributed by atoms with Crippen molar-refractivity contribution in [1.29, 1.82) is 0 Å². The summed E-state index contributed by atoms with van der Waals surface area (Å²) in [7, 11) is 0. The highest BCUT2D eigenvalue weighted by atomic mass is 16.7. The van der Waals surface area contributed by atoms with E-state index in [0.29, 0.717) is 18.2 Å². The molecular formula is C31H28N4O3. The first-order valence-corrected chi connectivity index (χ1v) is 13.2. The average Bonchev–Trinajstić information content (AvgIpc) is 3.61. The molecule has 7 nitrogen and oxygen atoms in total. The summed E-state index contributed by atoms with van der Waals surface area (Å²) in [4.78, 5) is 19.5. The van der Waals surface area contributed by atoms with Crippen LogP contribution in [0.5, 0.6) is 11.5 Å². The number of benzene rings is 3. The molecule has 1 saturated carbocycles. The molecule has 1 spiro atoms. The SMILES string of the molecule is O=c1c2c(nc(N/N=C/c3ccc4c(c3)OCO4)n1Cc1ccccc1)-c1ccccc1CC21CCCC1. The Balaban J connectivity index is 1.34. The Bertz CT molecular complexity index is 1600. The van der Waals surface area contributed by atoms with Gasteiger partial charge < -0.3 is 9.47 Å². The van der Waals surface area contributed by atoms with Gasteiger partial charge in [0.25, 0.3) is 5.56 Å². The van der Waals surface area contributed by atoms with E-state index in [4.69, 9.17) is 14.5 Å².